The molecular formula is C19H35BN3O5+. The number of amides is 1. The van der Waals surface area contributed by atoms with E-state index >= 15 is 0 Å². The molecule has 0 bridgehead atoms. The van der Waals surface area contributed by atoms with Crippen LogP contribution in [-0.4, -0.2) is 67.5 Å². The molecule has 1 aromatic heterocycles. The highest BCUT2D eigenvalue weighted by Crippen LogP contribution is 2.33. The summed E-state index contributed by atoms with van der Waals surface area (Å²) in [6.07, 6.45) is 4.40. The largest absolute Gasteiger partial charge is 0.768 e. The summed E-state index contributed by atoms with van der Waals surface area (Å²) in [6.45, 7) is 12.7. The predicted molar refractivity (Wildman–Crippen MR) is 106 cm³/mol. The molecule has 2 heterocycles. The van der Waals surface area contributed by atoms with Crippen molar-refractivity contribution in [3.63, 3.8) is 0 Å². The fourth-order valence-electron chi connectivity index (χ4n) is 3.13. The van der Waals surface area contributed by atoms with Crippen molar-refractivity contribution >= 4 is 13.3 Å². The van der Waals surface area contributed by atoms with E-state index in [-0.39, 0.29) is 10.4 Å². The first-order valence-corrected chi connectivity index (χ1v) is 9.86. The minimum atomic E-state index is -1.45. The van der Waals surface area contributed by atoms with E-state index in [1.807, 2.05) is 16.9 Å². The first kappa shape index (κ1) is 22.9. The highest BCUT2D eigenvalue weighted by atomic mass is 16.6. The molecule has 0 aliphatic carbocycles. The van der Waals surface area contributed by atoms with Gasteiger partial charge in [-0.3, -0.25) is 4.68 Å². The molecule has 1 aliphatic rings. The lowest BCUT2D eigenvalue weighted by Crippen LogP contribution is -2.69. The number of aromatic nitrogens is 2. The smallest absolute Gasteiger partial charge is 0.416 e. The Hall–Kier alpha value is -1.42. The normalized spacial score (nSPS) is 24.1. The quantitative estimate of drug-likeness (QED) is 0.743. The number of quaternary nitrogens is 1. The van der Waals surface area contributed by atoms with Crippen LogP contribution in [0.3, 0.4) is 0 Å². The maximum Gasteiger partial charge on any atom is 0.768 e. The molecule has 0 radical (unpaired) electrons. The average Bonchev–Trinajstić information content (AvgIpc) is 3.06. The van der Waals surface area contributed by atoms with Gasteiger partial charge < -0.3 is 19.5 Å². The van der Waals surface area contributed by atoms with Crippen LogP contribution in [0.25, 0.3) is 0 Å². The number of carbonyl (C=O) groups excluding carboxylic acids is 1. The first-order chi connectivity index (χ1) is 12.7. The maximum atomic E-state index is 13.1. The molecule has 1 aromatic rings. The zero-order valence-electron chi connectivity index (χ0n) is 18.2. The molecule has 1 amide bonds. The molecule has 0 aromatic carbocycles. The van der Waals surface area contributed by atoms with Crippen molar-refractivity contribution in [2.75, 3.05) is 13.1 Å². The Bertz CT molecular complexity index is 656. The molecule has 1 aliphatic heterocycles. The highest BCUT2D eigenvalue weighted by molar-refractivity contribution is 6.36. The summed E-state index contributed by atoms with van der Waals surface area (Å²) in [5, 5.41) is 25.7. The second-order valence-electron chi connectivity index (χ2n) is 9.69. The lowest BCUT2D eigenvalue weighted by molar-refractivity contribution is -0.778. The fourth-order valence-corrected chi connectivity index (χ4v) is 3.13. The van der Waals surface area contributed by atoms with Gasteiger partial charge in [-0.2, -0.15) is 9.89 Å². The summed E-state index contributed by atoms with van der Waals surface area (Å²) in [5.74, 6) is 0. The molecule has 0 spiro atoms. The predicted octanol–water partition coefficient (Wildman–Crippen LogP) is 2.51. The van der Waals surface area contributed by atoms with E-state index in [1.165, 1.54) is 0 Å². The van der Waals surface area contributed by atoms with Gasteiger partial charge in [0.25, 0.3) is 0 Å². The van der Waals surface area contributed by atoms with Crippen molar-refractivity contribution < 1.29 is 28.7 Å². The monoisotopic (exact) mass is 396 g/mol. The molecule has 2 N–H and O–H groups in total. The van der Waals surface area contributed by atoms with Gasteiger partial charge in [0, 0.05) is 25.2 Å². The van der Waals surface area contributed by atoms with Crippen LogP contribution in [0, 0.1) is 0 Å². The van der Waals surface area contributed by atoms with Gasteiger partial charge in [0.1, 0.15) is 5.60 Å². The van der Waals surface area contributed by atoms with Crippen LogP contribution in [0.5, 0.6) is 0 Å². The number of aliphatic hydroxyl groups is 1. The summed E-state index contributed by atoms with van der Waals surface area (Å²) >= 11 is 0. The Kier molecular flexibility index (Phi) is 6.35. The minimum Gasteiger partial charge on any atom is -0.416 e. The van der Waals surface area contributed by atoms with Crippen LogP contribution < -0.4 is 0 Å². The molecule has 158 valence electrons. The van der Waals surface area contributed by atoms with Crippen molar-refractivity contribution in [3.05, 3.63) is 18.5 Å². The van der Waals surface area contributed by atoms with E-state index in [0.29, 0.717) is 25.9 Å². The van der Waals surface area contributed by atoms with Gasteiger partial charge >= 0.3 is 13.3 Å². The van der Waals surface area contributed by atoms with Crippen molar-refractivity contribution in [1.82, 2.24) is 9.78 Å². The van der Waals surface area contributed by atoms with Crippen molar-refractivity contribution in [3.8, 4) is 0 Å². The van der Waals surface area contributed by atoms with E-state index in [0.717, 1.165) is 0 Å². The zero-order chi connectivity index (χ0) is 21.4. The second kappa shape index (κ2) is 7.78. The van der Waals surface area contributed by atoms with Gasteiger partial charge in [0.15, 0.2) is 0 Å². The number of nitrogens with zero attached hydrogens (tertiary/aromatic N) is 3. The van der Waals surface area contributed by atoms with Crippen molar-refractivity contribution in [2.45, 2.75) is 84.2 Å². The number of carbonyl (C=O) groups is 1. The van der Waals surface area contributed by atoms with E-state index in [2.05, 4.69) is 5.10 Å². The molecule has 0 saturated carbocycles. The molecule has 1 fully saturated rings. The summed E-state index contributed by atoms with van der Waals surface area (Å²) in [7, 11) is -1.45. The Balaban J connectivity index is 2.26. The van der Waals surface area contributed by atoms with E-state index in [9.17, 15) is 14.9 Å². The minimum absolute atomic E-state index is 0.151. The Morgan fingerprint density at radius 1 is 1.18 bits per heavy atom. The summed E-state index contributed by atoms with van der Waals surface area (Å²) in [6, 6.07) is 2.02. The highest BCUT2D eigenvalue weighted by Gasteiger charge is 2.59. The van der Waals surface area contributed by atoms with Gasteiger partial charge in [-0.15, -0.1) is 0 Å². The number of ether oxygens (including phenoxy) is 1. The number of hydrogen-bond donors (Lipinski definition) is 2. The molecule has 0 unspecified atom stereocenters. The molecule has 28 heavy (non-hydrogen) atoms. The number of rotatable bonds is 5. The van der Waals surface area contributed by atoms with Crippen LogP contribution in [0.4, 0.5) is 4.79 Å². The number of hydrogen-bond acceptors (Lipinski definition) is 6. The maximum absolute atomic E-state index is 13.1. The van der Waals surface area contributed by atoms with Crippen LogP contribution in [0.1, 0.15) is 67.3 Å². The van der Waals surface area contributed by atoms with Crippen LogP contribution in [-0.2, 0) is 9.39 Å². The van der Waals surface area contributed by atoms with Crippen LogP contribution >= 0.6 is 0 Å². The third-order valence-corrected chi connectivity index (χ3v) is 5.67. The van der Waals surface area contributed by atoms with Crippen molar-refractivity contribution in [2.24, 2.45) is 0 Å². The number of likely N-dealkylation sites (tertiary alicyclic amines) is 1. The van der Waals surface area contributed by atoms with Crippen LogP contribution in [0.15, 0.2) is 18.5 Å². The Morgan fingerprint density at radius 3 is 2.18 bits per heavy atom. The molecular weight excluding hydrogens is 361 g/mol. The Labute approximate surface area is 168 Å². The lowest BCUT2D eigenvalue weighted by Gasteiger charge is -2.45. The van der Waals surface area contributed by atoms with E-state index in [1.54, 1.807) is 54.7 Å². The molecule has 9 heteroatoms. The topological polar surface area (TPSA) is 93.8 Å². The second-order valence-corrected chi connectivity index (χ2v) is 9.69. The van der Waals surface area contributed by atoms with Crippen molar-refractivity contribution in [1.29, 1.82) is 0 Å². The molecule has 1 saturated heterocycles. The third kappa shape index (κ3) is 4.95. The van der Waals surface area contributed by atoms with Gasteiger partial charge in [-0.1, -0.05) is 0 Å². The summed E-state index contributed by atoms with van der Waals surface area (Å²) in [5.41, 5.74) is -2.97. The SMILES string of the molecule is CC(C)(C)OC(=O)[N+]1(B(O)OC(C)(C)C(C)(C)O)CCC(n2cccn2)CC1. The summed E-state index contributed by atoms with van der Waals surface area (Å²) < 4.78 is 13.0. The Morgan fingerprint density at radius 2 is 1.75 bits per heavy atom. The van der Waals surface area contributed by atoms with E-state index in [4.69, 9.17) is 9.39 Å². The van der Waals surface area contributed by atoms with Gasteiger partial charge in [-0.05, 0) is 54.5 Å². The fraction of sp³-hybridized carbons (Fsp3) is 0.789. The third-order valence-electron chi connectivity index (χ3n) is 5.67. The average molecular weight is 396 g/mol. The summed E-state index contributed by atoms with van der Waals surface area (Å²) in [4.78, 5) is 13.1. The van der Waals surface area contributed by atoms with Gasteiger partial charge in [0.2, 0.25) is 0 Å². The van der Waals surface area contributed by atoms with Gasteiger partial charge in [-0.25, -0.2) is 4.39 Å². The first-order valence-electron chi connectivity index (χ1n) is 9.86. The molecule has 0 atom stereocenters. The lowest BCUT2D eigenvalue weighted by atomic mass is 9.84. The van der Waals surface area contributed by atoms with Crippen LogP contribution in [0.2, 0.25) is 0 Å². The molecule has 8 nitrogen and oxygen atoms in total. The van der Waals surface area contributed by atoms with E-state index < -0.39 is 30.1 Å². The zero-order valence-corrected chi connectivity index (χ0v) is 18.2. The van der Waals surface area contributed by atoms with Gasteiger partial charge in [0.05, 0.1) is 30.3 Å². The number of piperidine rings is 1. The molecule has 2 rings (SSSR count). The standard InChI is InChI=1S/C19H35BN3O5/c1-17(2,3)27-16(24)23(20(26)28-19(6,7)18(4,5)25)13-9-15(10-14-23)22-12-8-11-21-22/h8,11-12,15,25-26H,9-10,13-14H2,1-7H3/q+1.